The van der Waals surface area contributed by atoms with Gasteiger partial charge in [-0.05, 0) is 42.5 Å². The maximum absolute atomic E-state index is 12.2. The van der Waals surface area contributed by atoms with Crippen LogP contribution in [0.1, 0.15) is 10.4 Å². The minimum Gasteiger partial charge on any atom is -0.497 e. The van der Waals surface area contributed by atoms with E-state index in [9.17, 15) is 9.59 Å². The number of nitrogens with one attached hydrogen (secondary N) is 1. The molecule has 0 fully saturated rings. The fourth-order valence-electron chi connectivity index (χ4n) is 2.33. The van der Waals surface area contributed by atoms with E-state index in [1.54, 1.807) is 56.6 Å². The molecule has 0 radical (unpaired) electrons. The van der Waals surface area contributed by atoms with Gasteiger partial charge in [-0.2, -0.15) is 5.10 Å². The lowest BCUT2D eigenvalue weighted by atomic mass is 10.1. The highest BCUT2D eigenvalue weighted by molar-refractivity contribution is 6.04. The Kier molecular flexibility index (Phi) is 4.61. The molecule has 0 spiro atoms. The lowest BCUT2D eigenvalue weighted by Crippen LogP contribution is -2.18. The molecule has 6 heteroatoms. The van der Waals surface area contributed by atoms with Crippen molar-refractivity contribution in [1.29, 1.82) is 0 Å². The van der Waals surface area contributed by atoms with Crippen molar-refractivity contribution in [2.75, 3.05) is 12.4 Å². The van der Waals surface area contributed by atoms with Gasteiger partial charge in [-0.15, -0.1) is 0 Å². The quantitative estimate of drug-likeness (QED) is 0.795. The molecular formula is C19H17N3O3. The average molecular weight is 335 g/mol. The summed E-state index contributed by atoms with van der Waals surface area (Å²) in [5, 5.41) is 7.04. The van der Waals surface area contributed by atoms with E-state index in [1.165, 1.54) is 10.7 Å². The summed E-state index contributed by atoms with van der Waals surface area (Å²) in [6, 6.07) is 17.3. The van der Waals surface area contributed by atoms with Gasteiger partial charge in [-0.25, -0.2) is 4.68 Å². The van der Waals surface area contributed by atoms with Crippen LogP contribution in [0.2, 0.25) is 0 Å². The SMILES string of the molecule is COc1ccc(C(=O)Nc2ccc(-c3ccc(=O)n(C)n3)cc2)cc1. The Bertz CT molecular complexity index is 945. The van der Waals surface area contributed by atoms with Crippen molar-refractivity contribution in [1.82, 2.24) is 9.78 Å². The van der Waals surface area contributed by atoms with E-state index >= 15 is 0 Å². The molecule has 25 heavy (non-hydrogen) atoms. The van der Waals surface area contributed by atoms with E-state index in [2.05, 4.69) is 10.4 Å². The largest absolute Gasteiger partial charge is 0.497 e. The molecule has 0 atom stereocenters. The Morgan fingerprint density at radius 1 is 1.00 bits per heavy atom. The number of aryl methyl sites for hydroxylation is 1. The highest BCUT2D eigenvalue weighted by Crippen LogP contribution is 2.19. The summed E-state index contributed by atoms with van der Waals surface area (Å²) in [5.41, 5.74) is 2.61. The molecule has 1 heterocycles. The molecule has 1 aromatic heterocycles. The number of anilines is 1. The minimum absolute atomic E-state index is 0.160. The zero-order chi connectivity index (χ0) is 17.8. The molecule has 2 aromatic carbocycles. The van der Waals surface area contributed by atoms with Crippen molar-refractivity contribution in [2.45, 2.75) is 0 Å². The summed E-state index contributed by atoms with van der Waals surface area (Å²) in [4.78, 5) is 23.6. The standard InChI is InChI=1S/C19H17N3O3/c1-22-18(23)12-11-17(21-22)13-3-7-15(8-4-13)20-19(24)14-5-9-16(25-2)10-6-14/h3-12H,1-2H3,(H,20,24). The predicted octanol–water partition coefficient (Wildman–Crippen LogP) is 2.71. The van der Waals surface area contributed by atoms with Gasteiger partial charge in [0.05, 0.1) is 12.8 Å². The molecule has 3 rings (SSSR count). The van der Waals surface area contributed by atoms with Crippen molar-refractivity contribution in [3.63, 3.8) is 0 Å². The van der Waals surface area contributed by atoms with Gasteiger partial charge in [0.2, 0.25) is 0 Å². The molecule has 0 saturated carbocycles. The van der Waals surface area contributed by atoms with Gasteiger partial charge in [0.1, 0.15) is 5.75 Å². The second-order valence-corrected chi connectivity index (χ2v) is 5.44. The first-order valence-corrected chi connectivity index (χ1v) is 7.67. The minimum atomic E-state index is -0.198. The van der Waals surface area contributed by atoms with Crippen LogP contribution in [0.5, 0.6) is 5.75 Å². The van der Waals surface area contributed by atoms with Gasteiger partial charge >= 0.3 is 0 Å². The number of methoxy groups -OCH3 is 1. The molecule has 0 bridgehead atoms. The van der Waals surface area contributed by atoms with Crippen LogP contribution < -0.4 is 15.6 Å². The fourth-order valence-corrected chi connectivity index (χ4v) is 2.33. The molecule has 0 aliphatic heterocycles. The fraction of sp³-hybridized carbons (Fsp3) is 0.105. The molecule has 0 unspecified atom stereocenters. The van der Waals surface area contributed by atoms with Crippen LogP contribution in [0.4, 0.5) is 5.69 Å². The lowest BCUT2D eigenvalue weighted by Gasteiger charge is -2.08. The number of amides is 1. The van der Waals surface area contributed by atoms with E-state index < -0.39 is 0 Å². The number of nitrogens with zero attached hydrogens (tertiary/aromatic N) is 2. The number of aromatic nitrogens is 2. The molecule has 0 saturated heterocycles. The van der Waals surface area contributed by atoms with Crippen molar-refractivity contribution in [2.24, 2.45) is 7.05 Å². The first kappa shape index (κ1) is 16.4. The van der Waals surface area contributed by atoms with Crippen LogP contribution in [0, 0.1) is 0 Å². The number of hydrogen-bond donors (Lipinski definition) is 1. The van der Waals surface area contributed by atoms with Crippen molar-refractivity contribution in [3.8, 4) is 17.0 Å². The highest BCUT2D eigenvalue weighted by atomic mass is 16.5. The van der Waals surface area contributed by atoms with E-state index in [0.29, 0.717) is 22.7 Å². The molecule has 0 aliphatic rings. The van der Waals surface area contributed by atoms with Gasteiger partial charge in [-0.1, -0.05) is 12.1 Å². The zero-order valence-electron chi connectivity index (χ0n) is 13.9. The summed E-state index contributed by atoms with van der Waals surface area (Å²) >= 11 is 0. The van der Waals surface area contributed by atoms with Crippen molar-refractivity contribution >= 4 is 11.6 Å². The maximum atomic E-state index is 12.2. The van der Waals surface area contributed by atoms with Crippen LogP contribution in [0.15, 0.2) is 65.5 Å². The number of carbonyl (C=O) groups is 1. The summed E-state index contributed by atoms with van der Waals surface area (Å²) in [6.45, 7) is 0. The summed E-state index contributed by atoms with van der Waals surface area (Å²) in [5.74, 6) is 0.501. The van der Waals surface area contributed by atoms with Gasteiger partial charge < -0.3 is 10.1 Å². The topological polar surface area (TPSA) is 73.2 Å². The third-order valence-corrected chi connectivity index (χ3v) is 3.75. The molecule has 0 aliphatic carbocycles. The smallest absolute Gasteiger partial charge is 0.266 e. The predicted molar refractivity (Wildman–Crippen MR) is 95.9 cm³/mol. The first-order chi connectivity index (χ1) is 12.1. The van der Waals surface area contributed by atoms with Crippen LogP contribution in [0.25, 0.3) is 11.3 Å². The van der Waals surface area contributed by atoms with E-state index in [1.807, 2.05) is 12.1 Å². The second kappa shape index (κ2) is 7.00. The van der Waals surface area contributed by atoms with E-state index in [4.69, 9.17) is 4.74 Å². The van der Waals surface area contributed by atoms with Gasteiger partial charge in [0, 0.05) is 29.9 Å². The second-order valence-electron chi connectivity index (χ2n) is 5.44. The first-order valence-electron chi connectivity index (χ1n) is 7.67. The third-order valence-electron chi connectivity index (χ3n) is 3.75. The van der Waals surface area contributed by atoms with Crippen molar-refractivity contribution in [3.05, 3.63) is 76.6 Å². The molecule has 1 N–H and O–H groups in total. The molecule has 1 amide bonds. The molecule has 6 nitrogen and oxygen atoms in total. The molecule has 3 aromatic rings. The highest BCUT2D eigenvalue weighted by Gasteiger charge is 2.07. The number of benzene rings is 2. The summed E-state index contributed by atoms with van der Waals surface area (Å²) in [7, 11) is 3.19. The number of carbonyl (C=O) groups excluding carboxylic acids is 1. The van der Waals surface area contributed by atoms with Gasteiger partial charge in [0.15, 0.2) is 0 Å². The number of rotatable bonds is 4. The Hall–Kier alpha value is -3.41. The van der Waals surface area contributed by atoms with E-state index in [0.717, 1.165) is 5.56 Å². The number of hydrogen-bond acceptors (Lipinski definition) is 4. The zero-order valence-corrected chi connectivity index (χ0v) is 13.9. The lowest BCUT2D eigenvalue weighted by molar-refractivity contribution is 0.102. The van der Waals surface area contributed by atoms with Crippen LogP contribution in [-0.4, -0.2) is 22.8 Å². The Labute approximate surface area is 144 Å². The van der Waals surface area contributed by atoms with Crippen molar-refractivity contribution < 1.29 is 9.53 Å². The normalized spacial score (nSPS) is 10.3. The summed E-state index contributed by atoms with van der Waals surface area (Å²) < 4.78 is 6.37. The monoisotopic (exact) mass is 335 g/mol. The van der Waals surface area contributed by atoms with Crippen LogP contribution in [-0.2, 0) is 7.05 Å². The van der Waals surface area contributed by atoms with E-state index in [-0.39, 0.29) is 11.5 Å². The maximum Gasteiger partial charge on any atom is 0.266 e. The third kappa shape index (κ3) is 3.74. The summed E-state index contributed by atoms with van der Waals surface area (Å²) in [6.07, 6.45) is 0. The molecular weight excluding hydrogens is 318 g/mol. The van der Waals surface area contributed by atoms with Crippen LogP contribution in [0.3, 0.4) is 0 Å². The molecule has 126 valence electrons. The Morgan fingerprint density at radius 3 is 2.28 bits per heavy atom. The van der Waals surface area contributed by atoms with Gasteiger partial charge in [-0.3, -0.25) is 9.59 Å². The van der Waals surface area contributed by atoms with Crippen LogP contribution >= 0.6 is 0 Å². The van der Waals surface area contributed by atoms with Gasteiger partial charge in [0.25, 0.3) is 11.5 Å². The number of ether oxygens (including phenoxy) is 1. The Balaban J connectivity index is 1.74. The average Bonchev–Trinajstić information content (AvgIpc) is 2.64. The Morgan fingerprint density at radius 2 is 1.68 bits per heavy atom.